The Labute approximate surface area is 78.3 Å². The molecule has 5 heteroatoms. The molecule has 0 heterocycles. The van der Waals surface area contributed by atoms with Crippen molar-refractivity contribution in [1.29, 1.82) is 0 Å². The van der Waals surface area contributed by atoms with E-state index in [1.807, 2.05) is 0 Å². The lowest BCUT2D eigenvalue weighted by atomic mass is 10.1. The first-order chi connectivity index (χ1) is 5.84. The summed E-state index contributed by atoms with van der Waals surface area (Å²) in [5.74, 6) is 0. The minimum absolute atomic E-state index is 0.0559. The Morgan fingerprint density at radius 3 is 2.23 bits per heavy atom. The van der Waals surface area contributed by atoms with Gasteiger partial charge in [-0.15, -0.1) is 0 Å². The number of hydrogen-bond donors (Lipinski definition) is 1. The summed E-state index contributed by atoms with van der Waals surface area (Å²) in [6.45, 7) is 1.34. The summed E-state index contributed by atoms with van der Waals surface area (Å²) < 4.78 is 37.0. The molecule has 0 bridgehead atoms. The van der Waals surface area contributed by atoms with Crippen molar-refractivity contribution in [1.82, 2.24) is 0 Å². The Kier molecular flexibility index (Phi) is 2.43. The number of rotatable bonds is 0. The molecule has 0 atom stereocenters. The molecule has 0 radical (unpaired) electrons. The molecule has 1 aromatic carbocycles. The van der Waals surface area contributed by atoms with Gasteiger partial charge in [0.15, 0.2) is 0 Å². The quantitative estimate of drug-likeness (QED) is 0.652. The third kappa shape index (κ3) is 1.88. The van der Waals surface area contributed by atoms with E-state index in [2.05, 4.69) is 0 Å². The van der Waals surface area contributed by atoms with Gasteiger partial charge in [-0.25, -0.2) is 0 Å². The van der Waals surface area contributed by atoms with Gasteiger partial charge in [-0.05, 0) is 18.6 Å². The van der Waals surface area contributed by atoms with E-state index < -0.39 is 16.8 Å². The number of nitrogens with two attached hydrogens (primary N) is 1. The van der Waals surface area contributed by atoms with Gasteiger partial charge in [0.1, 0.15) is 0 Å². The Bertz CT molecular complexity index is 333. The predicted molar refractivity (Wildman–Crippen MR) is 45.6 cm³/mol. The van der Waals surface area contributed by atoms with Crippen molar-refractivity contribution in [3.63, 3.8) is 0 Å². The van der Waals surface area contributed by atoms with Crippen LogP contribution in [0.3, 0.4) is 0 Å². The van der Waals surface area contributed by atoms with Gasteiger partial charge < -0.3 is 5.73 Å². The van der Waals surface area contributed by atoms with Crippen LogP contribution >= 0.6 is 11.6 Å². The monoisotopic (exact) mass is 209 g/mol. The highest BCUT2D eigenvalue weighted by molar-refractivity contribution is 6.34. The molecule has 0 fully saturated rings. The summed E-state index contributed by atoms with van der Waals surface area (Å²) in [6.07, 6.45) is -4.45. The minimum atomic E-state index is -4.45. The Morgan fingerprint density at radius 1 is 1.31 bits per heavy atom. The van der Waals surface area contributed by atoms with Crippen molar-refractivity contribution in [3.8, 4) is 0 Å². The molecule has 1 nitrogen and oxygen atoms in total. The summed E-state index contributed by atoms with van der Waals surface area (Å²) in [4.78, 5) is 0. The maximum atomic E-state index is 12.3. The Hall–Kier alpha value is -0.900. The summed E-state index contributed by atoms with van der Waals surface area (Å²) >= 11 is 5.44. The van der Waals surface area contributed by atoms with Gasteiger partial charge in [0, 0.05) is 0 Å². The molecule has 0 aromatic heterocycles. The average Bonchev–Trinajstić information content (AvgIpc) is 1.95. The highest BCUT2D eigenvalue weighted by atomic mass is 35.5. The van der Waals surface area contributed by atoms with Gasteiger partial charge in [0.05, 0.1) is 16.3 Å². The molecular formula is C8H7ClF3N. The molecule has 13 heavy (non-hydrogen) atoms. The van der Waals surface area contributed by atoms with Crippen LogP contribution in [0.4, 0.5) is 18.9 Å². The second-order valence-electron chi connectivity index (χ2n) is 2.66. The van der Waals surface area contributed by atoms with E-state index in [1.54, 1.807) is 0 Å². The topological polar surface area (TPSA) is 26.0 Å². The smallest absolute Gasteiger partial charge is 0.398 e. The van der Waals surface area contributed by atoms with E-state index in [4.69, 9.17) is 17.3 Å². The number of aryl methyl sites for hydroxylation is 1. The maximum Gasteiger partial charge on any atom is 0.418 e. The predicted octanol–water partition coefficient (Wildman–Crippen LogP) is 3.25. The van der Waals surface area contributed by atoms with Crippen molar-refractivity contribution in [3.05, 3.63) is 28.3 Å². The fourth-order valence-electron chi connectivity index (χ4n) is 1.04. The third-order valence-electron chi connectivity index (χ3n) is 1.66. The van der Waals surface area contributed by atoms with E-state index >= 15 is 0 Å². The molecule has 0 unspecified atom stereocenters. The molecule has 0 aliphatic heterocycles. The van der Waals surface area contributed by atoms with Crippen molar-refractivity contribution in [2.75, 3.05) is 5.73 Å². The zero-order valence-corrected chi connectivity index (χ0v) is 7.50. The first-order valence-electron chi connectivity index (χ1n) is 3.46. The first kappa shape index (κ1) is 10.2. The number of halogens is 4. The van der Waals surface area contributed by atoms with Crippen molar-refractivity contribution >= 4 is 17.3 Å². The molecular weight excluding hydrogens is 203 g/mol. The van der Waals surface area contributed by atoms with E-state index in [0.29, 0.717) is 0 Å². The highest BCUT2D eigenvalue weighted by Crippen LogP contribution is 2.39. The molecule has 0 aliphatic rings. The Balaban J connectivity index is 3.43. The van der Waals surface area contributed by atoms with Crippen LogP contribution in [0.2, 0.25) is 5.02 Å². The van der Waals surface area contributed by atoms with E-state index in [9.17, 15) is 13.2 Å². The summed E-state index contributed by atoms with van der Waals surface area (Å²) in [5.41, 5.74) is 4.42. The second kappa shape index (κ2) is 3.10. The average molecular weight is 210 g/mol. The van der Waals surface area contributed by atoms with Crippen LogP contribution in [-0.2, 0) is 6.18 Å². The van der Waals surface area contributed by atoms with Crippen molar-refractivity contribution in [2.45, 2.75) is 13.1 Å². The lowest BCUT2D eigenvalue weighted by Crippen LogP contribution is -2.09. The van der Waals surface area contributed by atoms with Gasteiger partial charge >= 0.3 is 6.18 Å². The van der Waals surface area contributed by atoms with Crippen LogP contribution < -0.4 is 5.73 Å². The second-order valence-corrected chi connectivity index (χ2v) is 3.04. The molecule has 72 valence electrons. The number of benzene rings is 1. The molecule has 0 aliphatic carbocycles. The SMILES string of the molecule is Cc1ccc(N)c(Cl)c1C(F)(F)F. The molecule has 0 saturated carbocycles. The van der Waals surface area contributed by atoms with Crippen LogP contribution in [-0.4, -0.2) is 0 Å². The first-order valence-corrected chi connectivity index (χ1v) is 3.83. The van der Waals surface area contributed by atoms with Crippen LogP contribution in [0.15, 0.2) is 12.1 Å². The zero-order chi connectivity index (χ0) is 10.2. The zero-order valence-electron chi connectivity index (χ0n) is 6.74. The molecule has 0 amide bonds. The van der Waals surface area contributed by atoms with E-state index in [0.717, 1.165) is 0 Å². The normalized spacial score (nSPS) is 11.8. The van der Waals surface area contributed by atoms with Crippen molar-refractivity contribution in [2.24, 2.45) is 0 Å². The summed E-state index contributed by atoms with van der Waals surface area (Å²) in [5, 5.41) is -0.424. The molecule has 2 N–H and O–H groups in total. The van der Waals surface area contributed by atoms with E-state index in [-0.39, 0.29) is 11.3 Å². The molecule has 0 saturated heterocycles. The van der Waals surface area contributed by atoms with Crippen LogP contribution in [0.25, 0.3) is 0 Å². The molecule has 0 spiro atoms. The van der Waals surface area contributed by atoms with Crippen LogP contribution in [0.5, 0.6) is 0 Å². The van der Waals surface area contributed by atoms with Gasteiger partial charge in [-0.1, -0.05) is 17.7 Å². The fourth-order valence-corrected chi connectivity index (χ4v) is 1.36. The van der Waals surface area contributed by atoms with Crippen molar-refractivity contribution < 1.29 is 13.2 Å². The van der Waals surface area contributed by atoms with Crippen LogP contribution in [0, 0.1) is 6.92 Å². The lowest BCUT2D eigenvalue weighted by molar-refractivity contribution is -0.137. The number of anilines is 1. The third-order valence-corrected chi connectivity index (χ3v) is 2.07. The number of alkyl halides is 3. The Morgan fingerprint density at radius 2 is 1.85 bits per heavy atom. The maximum absolute atomic E-state index is 12.3. The van der Waals surface area contributed by atoms with E-state index in [1.165, 1.54) is 19.1 Å². The molecule has 1 rings (SSSR count). The largest absolute Gasteiger partial charge is 0.418 e. The number of hydrogen-bond acceptors (Lipinski definition) is 1. The summed E-state index contributed by atoms with van der Waals surface area (Å²) in [6, 6.07) is 2.65. The highest BCUT2D eigenvalue weighted by Gasteiger charge is 2.35. The standard InChI is InChI=1S/C8H7ClF3N/c1-4-2-3-5(13)7(9)6(4)8(10,11)12/h2-3H,13H2,1H3. The van der Waals surface area contributed by atoms with Gasteiger partial charge in [-0.2, -0.15) is 13.2 Å². The summed E-state index contributed by atoms with van der Waals surface area (Å²) in [7, 11) is 0. The number of nitrogen functional groups attached to an aromatic ring is 1. The van der Waals surface area contributed by atoms with Gasteiger partial charge in [-0.3, -0.25) is 0 Å². The fraction of sp³-hybridized carbons (Fsp3) is 0.250. The minimum Gasteiger partial charge on any atom is -0.398 e. The van der Waals surface area contributed by atoms with Crippen LogP contribution in [0.1, 0.15) is 11.1 Å². The van der Waals surface area contributed by atoms with Gasteiger partial charge in [0.25, 0.3) is 0 Å². The molecule has 1 aromatic rings. The lowest BCUT2D eigenvalue weighted by Gasteiger charge is -2.13. The van der Waals surface area contributed by atoms with Gasteiger partial charge in [0.2, 0.25) is 0 Å².